The first-order valence-electron chi connectivity index (χ1n) is 7.61. The summed E-state index contributed by atoms with van der Waals surface area (Å²) in [6, 6.07) is 10.1. The Kier molecular flexibility index (Phi) is 4.49. The summed E-state index contributed by atoms with van der Waals surface area (Å²) >= 11 is 0. The number of hydrogen-bond donors (Lipinski definition) is 0. The van der Waals surface area contributed by atoms with Gasteiger partial charge < -0.3 is 9.47 Å². The van der Waals surface area contributed by atoms with Gasteiger partial charge in [-0.25, -0.2) is 8.42 Å². The summed E-state index contributed by atoms with van der Waals surface area (Å²) in [7, 11) is -4.11. The van der Waals surface area contributed by atoms with E-state index in [4.69, 9.17) is 9.47 Å². The zero-order valence-electron chi connectivity index (χ0n) is 13.4. The second-order valence-electron chi connectivity index (χ2n) is 5.22. The molecule has 1 heterocycles. The Hall–Kier alpha value is -2.81. The SMILES string of the molecule is CCN(c1ccc2c(c1)OCCO2)S(=O)(=O)c1ccccc1[N+](=O)[O-]. The van der Waals surface area contributed by atoms with Crippen molar-refractivity contribution in [3.63, 3.8) is 0 Å². The number of nitro benzene ring substituents is 1. The lowest BCUT2D eigenvalue weighted by atomic mass is 10.2. The Morgan fingerprint density at radius 2 is 1.80 bits per heavy atom. The lowest BCUT2D eigenvalue weighted by Crippen LogP contribution is -2.31. The number of hydrogen-bond acceptors (Lipinski definition) is 6. The largest absolute Gasteiger partial charge is 0.486 e. The Balaban J connectivity index is 2.07. The molecule has 2 aromatic carbocycles. The first-order chi connectivity index (χ1) is 11.9. The van der Waals surface area contributed by atoms with Crippen LogP contribution >= 0.6 is 0 Å². The van der Waals surface area contributed by atoms with Crippen LogP contribution in [-0.4, -0.2) is 33.1 Å². The zero-order chi connectivity index (χ0) is 18.0. The van der Waals surface area contributed by atoms with Gasteiger partial charge in [-0.05, 0) is 25.1 Å². The number of para-hydroxylation sites is 1. The second-order valence-corrected chi connectivity index (χ2v) is 7.05. The Morgan fingerprint density at radius 3 is 2.48 bits per heavy atom. The average molecular weight is 364 g/mol. The van der Waals surface area contributed by atoms with Crippen LogP contribution in [0.1, 0.15) is 6.92 Å². The van der Waals surface area contributed by atoms with Gasteiger partial charge in [0.2, 0.25) is 0 Å². The minimum Gasteiger partial charge on any atom is -0.486 e. The summed E-state index contributed by atoms with van der Waals surface area (Å²) in [6.07, 6.45) is 0. The molecule has 0 bridgehead atoms. The predicted molar refractivity (Wildman–Crippen MR) is 90.7 cm³/mol. The summed E-state index contributed by atoms with van der Waals surface area (Å²) in [6.45, 7) is 2.56. The molecule has 0 spiro atoms. The molecule has 0 radical (unpaired) electrons. The van der Waals surface area contributed by atoms with Gasteiger partial charge in [0.25, 0.3) is 15.7 Å². The first kappa shape index (κ1) is 17.0. The minimum absolute atomic E-state index is 0.105. The number of ether oxygens (including phenoxy) is 2. The molecule has 0 fully saturated rings. The van der Waals surface area contributed by atoms with E-state index in [9.17, 15) is 18.5 Å². The summed E-state index contributed by atoms with van der Waals surface area (Å²) in [5.74, 6) is 0.981. The third-order valence-electron chi connectivity index (χ3n) is 3.73. The molecule has 0 saturated heterocycles. The van der Waals surface area contributed by atoms with Crippen molar-refractivity contribution in [3.05, 3.63) is 52.6 Å². The fourth-order valence-corrected chi connectivity index (χ4v) is 4.25. The Morgan fingerprint density at radius 1 is 1.12 bits per heavy atom. The second kappa shape index (κ2) is 6.60. The van der Waals surface area contributed by atoms with Crippen molar-refractivity contribution in [3.8, 4) is 11.5 Å². The normalized spacial score (nSPS) is 13.3. The van der Waals surface area contributed by atoms with Crippen molar-refractivity contribution in [2.45, 2.75) is 11.8 Å². The van der Waals surface area contributed by atoms with Gasteiger partial charge in [0, 0.05) is 18.7 Å². The number of sulfonamides is 1. The lowest BCUT2D eigenvalue weighted by molar-refractivity contribution is -0.387. The van der Waals surface area contributed by atoms with E-state index in [1.807, 2.05) is 0 Å². The average Bonchev–Trinajstić information content (AvgIpc) is 2.62. The number of benzene rings is 2. The van der Waals surface area contributed by atoms with E-state index in [1.54, 1.807) is 25.1 Å². The molecule has 0 unspecified atom stereocenters. The highest BCUT2D eigenvalue weighted by atomic mass is 32.2. The predicted octanol–water partition coefficient (Wildman–Crippen LogP) is 2.58. The summed E-state index contributed by atoms with van der Waals surface area (Å²) < 4.78 is 38.0. The van der Waals surface area contributed by atoms with Crippen LogP contribution in [-0.2, 0) is 10.0 Å². The third-order valence-corrected chi connectivity index (χ3v) is 5.68. The van der Waals surface area contributed by atoms with Crippen LogP contribution in [0.15, 0.2) is 47.4 Å². The third kappa shape index (κ3) is 3.10. The van der Waals surface area contributed by atoms with Gasteiger partial charge in [0.05, 0.1) is 10.6 Å². The summed E-state index contributed by atoms with van der Waals surface area (Å²) in [5, 5.41) is 11.2. The van der Waals surface area contributed by atoms with Crippen molar-refractivity contribution < 1.29 is 22.8 Å². The monoisotopic (exact) mass is 364 g/mol. The number of anilines is 1. The molecular weight excluding hydrogens is 348 g/mol. The molecule has 0 amide bonds. The van der Waals surface area contributed by atoms with E-state index in [1.165, 1.54) is 24.3 Å². The molecule has 0 saturated carbocycles. The topological polar surface area (TPSA) is 99.0 Å². The maximum Gasteiger partial charge on any atom is 0.289 e. The first-order valence-corrected chi connectivity index (χ1v) is 9.05. The van der Waals surface area contributed by atoms with Gasteiger partial charge in [0.1, 0.15) is 13.2 Å². The molecule has 0 N–H and O–H groups in total. The van der Waals surface area contributed by atoms with E-state index in [2.05, 4.69) is 0 Å². The van der Waals surface area contributed by atoms with Gasteiger partial charge in [-0.1, -0.05) is 12.1 Å². The molecule has 1 aliphatic heterocycles. The van der Waals surface area contributed by atoms with Gasteiger partial charge in [-0.2, -0.15) is 0 Å². The maximum atomic E-state index is 13.0. The number of fused-ring (bicyclic) bond motifs is 1. The van der Waals surface area contributed by atoms with E-state index in [0.717, 1.165) is 4.31 Å². The molecule has 2 aromatic rings. The van der Waals surface area contributed by atoms with E-state index in [-0.39, 0.29) is 11.4 Å². The van der Waals surface area contributed by atoms with Gasteiger partial charge in [-0.3, -0.25) is 14.4 Å². The van der Waals surface area contributed by atoms with Crippen molar-refractivity contribution >= 4 is 21.4 Å². The molecule has 3 rings (SSSR count). The highest BCUT2D eigenvalue weighted by Gasteiger charge is 2.31. The smallest absolute Gasteiger partial charge is 0.289 e. The van der Waals surface area contributed by atoms with Gasteiger partial charge in [0.15, 0.2) is 16.4 Å². The van der Waals surface area contributed by atoms with Crippen LogP contribution in [0.5, 0.6) is 11.5 Å². The molecular formula is C16H16N2O6S. The minimum atomic E-state index is -4.11. The molecule has 0 atom stereocenters. The van der Waals surface area contributed by atoms with Crippen molar-refractivity contribution in [2.75, 3.05) is 24.1 Å². The van der Waals surface area contributed by atoms with Crippen molar-refractivity contribution in [1.29, 1.82) is 0 Å². The van der Waals surface area contributed by atoms with Crippen LogP contribution in [0.4, 0.5) is 11.4 Å². The number of nitro groups is 1. The molecule has 25 heavy (non-hydrogen) atoms. The molecule has 1 aliphatic rings. The number of nitrogens with zero attached hydrogens (tertiary/aromatic N) is 2. The maximum absolute atomic E-state index is 13.0. The highest BCUT2D eigenvalue weighted by molar-refractivity contribution is 7.93. The Bertz CT molecular complexity index is 913. The van der Waals surface area contributed by atoms with Crippen LogP contribution in [0, 0.1) is 10.1 Å². The van der Waals surface area contributed by atoms with Crippen LogP contribution in [0.2, 0.25) is 0 Å². The molecule has 0 aromatic heterocycles. The van der Waals surface area contributed by atoms with Crippen LogP contribution in [0.25, 0.3) is 0 Å². The van der Waals surface area contributed by atoms with Crippen LogP contribution < -0.4 is 13.8 Å². The van der Waals surface area contributed by atoms with Gasteiger partial charge in [-0.15, -0.1) is 0 Å². The zero-order valence-corrected chi connectivity index (χ0v) is 14.2. The van der Waals surface area contributed by atoms with Crippen LogP contribution in [0.3, 0.4) is 0 Å². The van der Waals surface area contributed by atoms with Crippen molar-refractivity contribution in [2.24, 2.45) is 0 Å². The fourth-order valence-electron chi connectivity index (χ4n) is 2.62. The highest BCUT2D eigenvalue weighted by Crippen LogP contribution is 2.36. The molecule has 132 valence electrons. The molecule has 9 heteroatoms. The summed E-state index contributed by atoms with van der Waals surface area (Å²) in [5.41, 5.74) is -0.108. The standard InChI is InChI=1S/C16H16N2O6S/c1-2-17(12-7-8-14-15(11-12)24-10-9-23-14)25(21,22)16-6-4-3-5-13(16)18(19)20/h3-8,11H,2,9-10H2,1H3. The van der Waals surface area contributed by atoms with E-state index >= 15 is 0 Å². The fraction of sp³-hybridized carbons (Fsp3) is 0.250. The van der Waals surface area contributed by atoms with E-state index < -0.39 is 20.6 Å². The van der Waals surface area contributed by atoms with Crippen molar-refractivity contribution in [1.82, 2.24) is 0 Å². The molecule has 0 aliphatic carbocycles. The summed E-state index contributed by atoms with van der Waals surface area (Å²) in [4.78, 5) is 10.1. The Labute approximate surface area is 144 Å². The molecule has 8 nitrogen and oxygen atoms in total. The lowest BCUT2D eigenvalue weighted by Gasteiger charge is -2.25. The van der Waals surface area contributed by atoms with Gasteiger partial charge >= 0.3 is 0 Å². The number of rotatable bonds is 5. The van der Waals surface area contributed by atoms with E-state index in [0.29, 0.717) is 30.4 Å². The quantitative estimate of drug-likeness (QED) is 0.597.